The van der Waals surface area contributed by atoms with Crippen LogP contribution in [-0.4, -0.2) is 32.2 Å². The molecule has 3 rings (SSSR count). The van der Waals surface area contributed by atoms with E-state index in [0.717, 1.165) is 5.56 Å². The number of rotatable bonds is 9. The van der Waals surface area contributed by atoms with Gasteiger partial charge in [0.15, 0.2) is 11.0 Å². The van der Waals surface area contributed by atoms with E-state index in [1.807, 2.05) is 16.7 Å². The molecule has 0 radical (unpaired) electrons. The highest BCUT2D eigenvalue weighted by molar-refractivity contribution is 8.00. The maximum Gasteiger partial charge on any atom is 0.288 e. The maximum absolute atomic E-state index is 12.4. The molecule has 5 nitrogen and oxygen atoms in total. The quantitative estimate of drug-likeness (QED) is 0.276. The summed E-state index contributed by atoms with van der Waals surface area (Å²) in [5.41, 5.74) is 2.78. The van der Waals surface area contributed by atoms with E-state index in [1.54, 1.807) is 30.3 Å². The number of nitrogens with one attached hydrogen (secondary N) is 1. The van der Waals surface area contributed by atoms with Crippen molar-refractivity contribution in [3.63, 3.8) is 0 Å². The van der Waals surface area contributed by atoms with E-state index in [-0.39, 0.29) is 17.1 Å². The van der Waals surface area contributed by atoms with Crippen LogP contribution >= 0.6 is 23.5 Å². The van der Waals surface area contributed by atoms with E-state index in [0.29, 0.717) is 39.9 Å². The number of nitrogens with zero attached hydrogens (tertiary/aromatic N) is 3. The van der Waals surface area contributed by atoms with Gasteiger partial charge in [-0.3, -0.25) is 9.36 Å². The molecule has 0 aliphatic heterocycles. The zero-order valence-electron chi connectivity index (χ0n) is 18.7. The second-order valence-electron chi connectivity index (χ2n) is 8.27. The van der Waals surface area contributed by atoms with Crippen molar-refractivity contribution in [2.24, 2.45) is 0 Å². The van der Waals surface area contributed by atoms with Crippen LogP contribution in [0.4, 0.5) is 14.5 Å². The van der Waals surface area contributed by atoms with Crippen LogP contribution in [0, 0.1) is 0 Å². The first-order valence-corrected chi connectivity index (χ1v) is 12.2. The van der Waals surface area contributed by atoms with Gasteiger partial charge in [0.25, 0.3) is 5.76 Å². The Morgan fingerprint density at radius 3 is 2.36 bits per heavy atom. The van der Waals surface area contributed by atoms with Crippen LogP contribution in [0.1, 0.15) is 26.3 Å². The number of hydrogen-bond donors (Lipinski definition) is 1. The molecular formula is C24H26F2N4OS2. The Labute approximate surface area is 201 Å². The molecule has 1 heterocycles. The molecular weight excluding hydrogens is 462 g/mol. The largest absolute Gasteiger partial charge is 0.325 e. The second-order valence-corrected chi connectivity index (χ2v) is 10.3. The predicted octanol–water partition coefficient (Wildman–Crippen LogP) is 6.47. The Hall–Kier alpha value is -2.65. The lowest BCUT2D eigenvalue weighted by atomic mass is 9.87. The molecule has 1 amide bonds. The van der Waals surface area contributed by atoms with Gasteiger partial charge >= 0.3 is 0 Å². The molecule has 1 aromatic heterocycles. The molecule has 0 unspecified atom stereocenters. The van der Waals surface area contributed by atoms with Crippen molar-refractivity contribution in [2.45, 2.75) is 48.5 Å². The number of alkyl halides is 2. The number of anilines is 1. The number of amides is 1. The molecule has 0 bridgehead atoms. The number of carbonyl (C=O) groups excluding carboxylic acids is 1. The van der Waals surface area contributed by atoms with Crippen molar-refractivity contribution < 1.29 is 13.6 Å². The Morgan fingerprint density at radius 2 is 1.79 bits per heavy atom. The average molecular weight is 489 g/mol. The van der Waals surface area contributed by atoms with Crippen LogP contribution in [0.25, 0.3) is 11.4 Å². The molecule has 0 saturated heterocycles. The highest BCUT2D eigenvalue weighted by Crippen LogP contribution is 2.28. The lowest BCUT2D eigenvalue weighted by molar-refractivity contribution is -0.113. The number of benzene rings is 2. The smallest absolute Gasteiger partial charge is 0.288 e. The first-order chi connectivity index (χ1) is 15.7. The number of thioether (sulfide) groups is 2. The number of aromatic nitrogens is 3. The van der Waals surface area contributed by atoms with Crippen molar-refractivity contribution >= 4 is 35.1 Å². The van der Waals surface area contributed by atoms with Gasteiger partial charge in [-0.1, -0.05) is 74.6 Å². The zero-order chi connectivity index (χ0) is 24.0. The van der Waals surface area contributed by atoms with E-state index >= 15 is 0 Å². The van der Waals surface area contributed by atoms with Gasteiger partial charge < -0.3 is 5.32 Å². The molecule has 0 spiro atoms. The highest BCUT2D eigenvalue weighted by atomic mass is 32.2. The maximum atomic E-state index is 12.4. The van der Waals surface area contributed by atoms with E-state index in [4.69, 9.17) is 0 Å². The van der Waals surface area contributed by atoms with Gasteiger partial charge in [-0.25, -0.2) is 0 Å². The van der Waals surface area contributed by atoms with Crippen molar-refractivity contribution in [1.82, 2.24) is 14.8 Å². The van der Waals surface area contributed by atoms with Crippen LogP contribution in [0.5, 0.6) is 0 Å². The average Bonchev–Trinajstić information content (AvgIpc) is 3.16. The molecule has 0 aliphatic rings. The summed E-state index contributed by atoms with van der Waals surface area (Å²) in [7, 11) is 0. The second kappa shape index (κ2) is 11.0. The molecule has 0 fully saturated rings. The van der Waals surface area contributed by atoms with Crippen molar-refractivity contribution in [1.29, 1.82) is 0 Å². The fourth-order valence-electron chi connectivity index (χ4n) is 3.07. The SMILES string of the molecule is C=CCn1c(SCC(=O)Nc2ccc(SC(F)F)cc2)nnc1-c1ccc(C(C)(C)C)cc1. The summed E-state index contributed by atoms with van der Waals surface area (Å²) >= 11 is 1.74. The van der Waals surface area contributed by atoms with Gasteiger partial charge in [-0.2, -0.15) is 8.78 Å². The number of allylic oxidation sites excluding steroid dienone is 1. The van der Waals surface area contributed by atoms with Crippen LogP contribution in [0.3, 0.4) is 0 Å². The van der Waals surface area contributed by atoms with Gasteiger partial charge in [0.05, 0.1) is 5.75 Å². The molecule has 9 heteroatoms. The minimum atomic E-state index is -2.48. The number of halogens is 2. The molecule has 1 N–H and O–H groups in total. The molecule has 0 aliphatic carbocycles. The number of hydrogen-bond acceptors (Lipinski definition) is 5. The van der Waals surface area contributed by atoms with Gasteiger partial charge in [0, 0.05) is 22.7 Å². The molecule has 0 atom stereocenters. The van der Waals surface area contributed by atoms with E-state index in [9.17, 15) is 13.6 Å². The van der Waals surface area contributed by atoms with Crippen LogP contribution in [0.15, 0.2) is 71.2 Å². The summed E-state index contributed by atoms with van der Waals surface area (Å²) in [5.74, 6) is -1.86. The first kappa shape index (κ1) is 25.0. The molecule has 3 aromatic rings. The summed E-state index contributed by atoms with van der Waals surface area (Å²) in [6.07, 6.45) is 1.76. The Kier molecular flexibility index (Phi) is 8.31. The molecule has 2 aromatic carbocycles. The third-order valence-corrected chi connectivity index (χ3v) is 6.42. The fourth-order valence-corrected chi connectivity index (χ4v) is 4.32. The van der Waals surface area contributed by atoms with Gasteiger partial charge in [0.2, 0.25) is 5.91 Å². The van der Waals surface area contributed by atoms with Crippen LogP contribution < -0.4 is 5.32 Å². The van der Waals surface area contributed by atoms with E-state index in [1.165, 1.54) is 17.3 Å². The van der Waals surface area contributed by atoms with E-state index in [2.05, 4.69) is 55.0 Å². The topological polar surface area (TPSA) is 59.8 Å². The summed E-state index contributed by atoms with van der Waals surface area (Å²) in [5, 5.41) is 12.0. The summed E-state index contributed by atoms with van der Waals surface area (Å²) < 4.78 is 26.8. The highest BCUT2D eigenvalue weighted by Gasteiger charge is 2.17. The Bertz CT molecular complexity index is 1090. The zero-order valence-corrected chi connectivity index (χ0v) is 20.4. The fraction of sp³-hybridized carbons (Fsp3) is 0.292. The monoisotopic (exact) mass is 488 g/mol. The standard InChI is InChI=1S/C24H26F2N4OS2/c1-5-14-30-21(16-6-8-17(9-7-16)24(2,3)4)28-29-23(30)32-15-20(31)27-18-10-12-19(13-11-18)33-22(25)26/h5-13,22H,1,14-15H2,2-4H3,(H,27,31). The lowest BCUT2D eigenvalue weighted by Gasteiger charge is -2.19. The molecule has 0 saturated carbocycles. The predicted molar refractivity (Wildman–Crippen MR) is 132 cm³/mol. The van der Waals surface area contributed by atoms with Gasteiger partial charge in [-0.15, -0.1) is 16.8 Å². The molecule has 174 valence electrons. The van der Waals surface area contributed by atoms with Gasteiger partial charge in [0.1, 0.15) is 0 Å². The van der Waals surface area contributed by atoms with Crippen LogP contribution in [0.2, 0.25) is 0 Å². The Morgan fingerprint density at radius 1 is 1.12 bits per heavy atom. The third kappa shape index (κ3) is 6.91. The van der Waals surface area contributed by atoms with Crippen molar-refractivity contribution in [3.8, 4) is 11.4 Å². The van der Waals surface area contributed by atoms with E-state index < -0.39 is 5.76 Å². The first-order valence-electron chi connectivity index (χ1n) is 10.3. The normalized spacial score (nSPS) is 11.6. The third-order valence-electron chi connectivity index (χ3n) is 4.73. The lowest BCUT2D eigenvalue weighted by Crippen LogP contribution is -2.14. The van der Waals surface area contributed by atoms with Gasteiger partial charge in [-0.05, 0) is 35.2 Å². The van der Waals surface area contributed by atoms with Crippen molar-refractivity contribution in [2.75, 3.05) is 11.1 Å². The summed E-state index contributed by atoms with van der Waals surface area (Å²) in [6.45, 7) is 10.8. The summed E-state index contributed by atoms with van der Waals surface area (Å²) in [4.78, 5) is 12.8. The molecule has 33 heavy (non-hydrogen) atoms. The minimum Gasteiger partial charge on any atom is -0.325 e. The summed E-state index contributed by atoms with van der Waals surface area (Å²) in [6, 6.07) is 14.6. The minimum absolute atomic E-state index is 0.0593. The van der Waals surface area contributed by atoms with Crippen molar-refractivity contribution in [3.05, 3.63) is 66.7 Å². The van der Waals surface area contributed by atoms with Crippen LogP contribution in [-0.2, 0) is 16.8 Å². The Balaban J connectivity index is 1.67. The number of carbonyl (C=O) groups is 1.